The third-order valence-corrected chi connectivity index (χ3v) is 4.46. The summed E-state index contributed by atoms with van der Waals surface area (Å²) in [6, 6.07) is 20.6. The number of aromatic amines is 1. The largest absolute Gasteiger partial charge is 0.352 e. The molecule has 29 heavy (non-hydrogen) atoms. The molecule has 0 bridgehead atoms. The second-order valence-corrected chi connectivity index (χ2v) is 6.55. The number of carbonyl (C=O) groups excluding carboxylic acids is 1. The van der Waals surface area contributed by atoms with E-state index < -0.39 is 11.6 Å². The Labute approximate surface area is 168 Å². The number of amides is 1. The molecule has 2 N–H and O–H groups in total. The Morgan fingerprint density at radius 2 is 1.93 bits per heavy atom. The highest BCUT2D eigenvalue weighted by Crippen LogP contribution is 2.23. The molecule has 1 amide bonds. The van der Waals surface area contributed by atoms with Crippen molar-refractivity contribution in [2.24, 2.45) is 0 Å². The molecule has 0 radical (unpaired) electrons. The van der Waals surface area contributed by atoms with Gasteiger partial charge in [0.15, 0.2) is 0 Å². The third-order valence-electron chi connectivity index (χ3n) is 4.46. The lowest BCUT2D eigenvalue weighted by Crippen LogP contribution is -2.31. The van der Waals surface area contributed by atoms with E-state index in [1.54, 1.807) is 31.2 Å². The van der Waals surface area contributed by atoms with E-state index in [2.05, 4.69) is 22.4 Å². The van der Waals surface area contributed by atoms with Crippen LogP contribution in [0.3, 0.4) is 0 Å². The smallest absolute Gasteiger partial charge is 0.328 e. The fourth-order valence-corrected chi connectivity index (χ4v) is 2.97. The number of hydrogen-bond donors (Lipinski definition) is 2. The number of hydrogen-bond acceptors (Lipinski definition) is 3. The van der Waals surface area contributed by atoms with E-state index in [0.717, 1.165) is 11.1 Å². The first kappa shape index (κ1) is 19.9. The highest BCUT2D eigenvalue weighted by molar-refractivity contribution is 5.87. The van der Waals surface area contributed by atoms with Crippen LogP contribution in [0.5, 0.6) is 0 Å². The van der Waals surface area contributed by atoms with Gasteiger partial charge in [-0.2, -0.15) is 0 Å². The van der Waals surface area contributed by atoms with Crippen LogP contribution in [-0.2, 0) is 11.3 Å². The van der Waals surface area contributed by atoms with Crippen molar-refractivity contribution in [2.75, 3.05) is 6.54 Å². The zero-order chi connectivity index (χ0) is 20.6. The first-order chi connectivity index (χ1) is 14.1. The van der Waals surface area contributed by atoms with Crippen molar-refractivity contribution < 1.29 is 4.79 Å². The van der Waals surface area contributed by atoms with Gasteiger partial charge < -0.3 is 5.32 Å². The number of carbonyl (C=O) groups is 1. The summed E-state index contributed by atoms with van der Waals surface area (Å²) in [6.07, 6.45) is 5.05. The molecule has 6 heteroatoms. The Bertz CT molecular complexity index is 1060. The first-order valence-corrected chi connectivity index (χ1v) is 9.22. The van der Waals surface area contributed by atoms with Crippen LogP contribution in [0, 0.1) is 19.1 Å². The third kappa shape index (κ3) is 5.11. The van der Waals surface area contributed by atoms with Gasteiger partial charge in [-0.3, -0.25) is 19.1 Å². The quantitative estimate of drug-likeness (QED) is 0.608. The second-order valence-electron chi connectivity index (χ2n) is 6.55. The maximum atomic E-state index is 12.8. The van der Waals surface area contributed by atoms with Crippen LogP contribution < -0.4 is 16.6 Å². The lowest BCUT2D eigenvalue weighted by molar-refractivity contribution is -0.121. The molecule has 0 aliphatic carbocycles. The highest BCUT2D eigenvalue weighted by Gasteiger charge is 2.21. The SMILES string of the molecule is Cc1cn(C/C=C\CNC(=O)C(c2cc#ccc2)c2ccccc2)c(=O)[nH]c1=O. The van der Waals surface area contributed by atoms with Gasteiger partial charge in [0.2, 0.25) is 5.91 Å². The van der Waals surface area contributed by atoms with Gasteiger partial charge in [-0.1, -0.05) is 54.6 Å². The maximum Gasteiger partial charge on any atom is 0.328 e. The molecular formula is C23H21N3O3. The molecule has 1 atom stereocenters. The van der Waals surface area contributed by atoms with Crippen LogP contribution >= 0.6 is 0 Å². The predicted octanol–water partition coefficient (Wildman–Crippen LogP) is 1.95. The Kier molecular flexibility index (Phi) is 6.43. The van der Waals surface area contributed by atoms with Crippen LogP contribution in [-0.4, -0.2) is 22.0 Å². The van der Waals surface area contributed by atoms with E-state index in [4.69, 9.17) is 0 Å². The topological polar surface area (TPSA) is 84.0 Å². The van der Waals surface area contributed by atoms with Gasteiger partial charge in [-0.05, 0) is 36.2 Å². The molecule has 2 aromatic carbocycles. The highest BCUT2D eigenvalue weighted by atomic mass is 16.2. The summed E-state index contributed by atoms with van der Waals surface area (Å²) in [7, 11) is 0. The fourth-order valence-electron chi connectivity index (χ4n) is 2.97. The normalized spacial score (nSPS) is 10.8. The van der Waals surface area contributed by atoms with Gasteiger partial charge in [-0.15, -0.1) is 0 Å². The summed E-state index contributed by atoms with van der Waals surface area (Å²) in [6.45, 7) is 2.26. The maximum absolute atomic E-state index is 12.8. The number of aromatic nitrogens is 2. The summed E-state index contributed by atoms with van der Waals surface area (Å²) in [4.78, 5) is 38.3. The van der Waals surface area contributed by atoms with E-state index in [0.29, 0.717) is 18.7 Å². The molecule has 1 aromatic heterocycles. The molecule has 0 saturated carbocycles. The Hall–Kier alpha value is -3.85. The summed E-state index contributed by atoms with van der Waals surface area (Å²) < 4.78 is 1.40. The molecule has 6 nitrogen and oxygen atoms in total. The number of benzene rings is 1. The fraction of sp³-hybridized carbons (Fsp3) is 0.174. The number of H-pyrrole nitrogens is 1. The average Bonchev–Trinajstić information content (AvgIpc) is 2.73. The Balaban J connectivity index is 1.65. The standard InChI is InChI=1S/C23H21N3O3/c1-17-16-26(23(29)25-21(17)27)15-9-8-14-24-22(28)20(18-10-4-2-5-11-18)19-12-6-3-7-13-19/h2,4-6,8-13,16,20H,14-15H2,1H3,(H,24,28)(H,25,27,29)/b9-8-. The minimum absolute atomic E-state index is 0.127. The van der Waals surface area contributed by atoms with Gasteiger partial charge in [0.1, 0.15) is 0 Å². The molecule has 1 heterocycles. The summed E-state index contributed by atoms with van der Waals surface area (Å²) in [5, 5.41) is 2.91. The van der Waals surface area contributed by atoms with Crippen LogP contribution in [0.25, 0.3) is 0 Å². The van der Waals surface area contributed by atoms with Crippen LogP contribution in [0.1, 0.15) is 22.6 Å². The number of nitrogens with zero attached hydrogens (tertiary/aromatic N) is 1. The molecule has 1 unspecified atom stereocenters. The summed E-state index contributed by atoms with van der Waals surface area (Å²) in [5.41, 5.74) is 1.35. The van der Waals surface area contributed by atoms with Gasteiger partial charge in [0.25, 0.3) is 5.56 Å². The lowest BCUT2D eigenvalue weighted by atomic mass is 9.91. The Morgan fingerprint density at radius 1 is 1.14 bits per heavy atom. The zero-order valence-electron chi connectivity index (χ0n) is 16.0. The van der Waals surface area contributed by atoms with E-state index in [1.807, 2.05) is 36.4 Å². The molecule has 0 spiro atoms. The number of rotatable bonds is 7. The molecule has 3 aromatic rings. The van der Waals surface area contributed by atoms with Crippen molar-refractivity contribution in [1.82, 2.24) is 14.9 Å². The van der Waals surface area contributed by atoms with Crippen LogP contribution in [0.15, 0.2) is 76.5 Å². The molecule has 0 aliphatic heterocycles. The van der Waals surface area contributed by atoms with Crippen molar-refractivity contribution in [1.29, 1.82) is 0 Å². The summed E-state index contributed by atoms with van der Waals surface area (Å²) in [5.74, 6) is -0.572. The molecule has 0 fully saturated rings. The first-order valence-electron chi connectivity index (χ1n) is 9.22. The molecule has 146 valence electrons. The van der Waals surface area contributed by atoms with E-state index in [1.165, 1.54) is 10.8 Å². The van der Waals surface area contributed by atoms with Crippen molar-refractivity contribution in [3.05, 3.63) is 117 Å². The zero-order valence-corrected chi connectivity index (χ0v) is 16.0. The second kappa shape index (κ2) is 9.38. The van der Waals surface area contributed by atoms with Gasteiger partial charge in [0.05, 0.1) is 5.92 Å². The van der Waals surface area contributed by atoms with Gasteiger partial charge in [0, 0.05) is 24.8 Å². The van der Waals surface area contributed by atoms with Gasteiger partial charge >= 0.3 is 5.69 Å². The van der Waals surface area contributed by atoms with E-state index in [9.17, 15) is 14.4 Å². The molecule has 0 saturated heterocycles. The monoisotopic (exact) mass is 387 g/mol. The predicted molar refractivity (Wildman–Crippen MR) is 111 cm³/mol. The Morgan fingerprint density at radius 3 is 2.66 bits per heavy atom. The van der Waals surface area contributed by atoms with E-state index >= 15 is 0 Å². The van der Waals surface area contributed by atoms with Crippen LogP contribution in [0.2, 0.25) is 0 Å². The van der Waals surface area contributed by atoms with Gasteiger partial charge in [-0.25, -0.2) is 4.79 Å². The number of aryl methyl sites for hydroxylation is 1. The molecule has 3 rings (SSSR count). The average molecular weight is 387 g/mol. The van der Waals surface area contributed by atoms with Crippen LogP contribution in [0.4, 0.5) is 0 Å². The van der Waals surface area contributed by atoms with Crippen molar-refractivity contribution in [2.45, 2.75) is 19.4 Å². The van der Waals surface area contributed by atoms with Crippen molar-refractivity contribution in [3.63, 3.8) is 0 Å². The molecular weight excluding hydrogens is 366 g/mol. The number of nitrogens with one attached hydrogen (secondary N) is 2. The number of allylic oxidation sites excluding steroid dienone is 1. The van der Waals surface area contributed by atoms with Crippen molar-refractivity contribution in [3.8, 4) is 0 Å². The van der Waals surface area contributed by atoms with E-state index in [-0.39, 0.29) is 11.5 Å². The summed E-state index contributed by atoms with van der Waals surface area (Å²) >= 11 is 0. The van der Waals surface area contributed by atoms with Crippen molar-refractivity contribution >= 4 is 5.91 Å². The lowest BCUT2D eigenvalue weighted by Gasteiger charge is -2.16. The minimum Gasteiger partial charge on any atom is -0.352 e. The minimum atomic E-state index is -0.462. The molecule has 0 aliphatic rings.